The van der Waals surface area contributed by atoms with E-state index in [1.165, 1.54) is 0 Å². The molecule has 0 aliphatic heterocycles. The van der Waals surface area contributed by atoms with Crippen molar-refractivity contribution in [2.75, 3.05) is 11.9 Å². The predicted molar refractivity (Wildman–Crippen MR) is 75.7 cm³/mol. The van der Waals surface area contributed by atoms with E-state index < -0.39 is 0 Å². The van der Waals surface area contributed by atoms with Gasteiger partial charge in [0.1, 0.15) is 11.0 Å². The standard InChI is InChI=1S/C12H15Cl3N2O/c13-9-5-10(14)12(17-11(9)15)16-6-7-2-1-3-8(18)4-7/h5,7-8,18H,1-4,6H2,(H,16,17). The molecule has 1 heterocycles. The fraction of sp³-hybridized carbons (Fsp3) is 0.583. The van der Waals surface area contributed by atoms with Crippen LogP contribution < -0.4 is 5.32 Å². The first-order chi connectivity index (χ1) is 8.56. The molecule has 18 heavy (non-hydrogen) atoms. The van der Waals surface area contributed by atoms with Gasteiger partial charge in [0.25, 0.3) is 0 Å². The van der Waals surface area contributed by atoms with Gasteiger partial charge >= 0.3 is 0 Å². The molecule has 1 aliphatic rings. The van der Waals surface area contributed by atoms with Crippen LogP contribution in [0.1, 0.15) is 25.7 Å². The molecule has 0 saturated heterocycles. The van der Waals surface area contributed by atoms with E-state index in [4.69, 9.17) is 34.8 Å². The molecule has 1 aliphatic carbocycles. The lowest BCUT2D eigenvalue weighted by molar-refractivity contribution is 0.104. The topological polar surface area (TPSA) is 45.1 Å². The molecule has 1 aromatic rings. The van der Waals surface area contributed by atoms with Gasteiger partial charge in [0.15, 0.2) is 0 Å². The second-order valence-corrected chi connectivity index (χ2v) is 5.83. The number of nitrogens with one attached hydrogen (secondary N) is 1. The fourth-order valence-corrected chi connectivity index (χ4v) is 2.82. The minimum absolute atomic E-state index is 0.178. The largest absolute Gasteiger partial charge is 0.393 e. The SMILES string of the molecule is OC1CCCC(CNc2nc(Cl)c(Cl)cc2Cl)C1. The molecule has 0 aromatic carbocycles. The third kappa shape index (κ3) is 3.64. The Kier molecular flexibility index (Phi) is 4.96. The Balaban J connectivity index is 1.95. The molecule has 0 bridgehead atoms. The fourth-order valence-electron chi connectivity index (χ4n) is 2.26. The molecule has 6 heteroatoms. The Hall–Kier alpha value is -0.220. The highest BCUT2D eigenvalue weighted by Gasteiger charge is 2.20. The quantitative estimate of drug-likeness (QED) is 0.829. The minimum Gasteiger partial charge on any atom is -0.393 e. The third-order valence-electron chi connectivity index (χ3n) is 3.20. The van der Waals surface area contributed by atoms with Crippen molar-refractivity contribution in [2.45, 2.75) is 31.8 Å². The van der Waals surface area contributed by atoms with Gasteiger partial charge in [0, 0.05) is 6.54 Å². The Labute approximate surface area is 121 Å². The second-order valence-electron chi connectivity index (χ2n) is 4.66. The summed E-state index contributed by atoms with van der Waals surface area (Å²) in [6, 6.07) is 1.58. The average molecular weight is 310 g/mol. The third-order valence-corrected chi connectivity index (χ3v) is 4.16. The van der Waals surface area contributed by atoms with Crippen molar-refractivity contribution in [3.05, 3.63) is 21.3 Å². The summed E-state index contributed by atoms with van der Waals surface area (Å²) in [7, 11) is 0. The number of aliphatic hydroxyl groups excluding tert-OH is 1. The van der Waals surface area contributed by atoms with Crippen LogP contribution in [0.2, 0.25) is 15.2 Å². The molecule has 1 saturated carbocycles. The molecule has 2 atom stereocenters. The number of aliphatic hydroxyl groups is 1. The van der Waals surface area contributed by atoms with Crippen LogP contribution in [0.5, 0.6) is 0 Å². The molecular weight excluding hydrogens is 295 g/mol. The summed E-state index contributed by atoms with van der Waals surface area (Å²) in [5, 5.41) is 13.8. The summed E-state index contributed by atoms with van der Waals surface area (Å²) < 4.78 is 0. The summed E-state index contributed by atoms with van der Waals surface area (Å²) in [5.41, 5.74) is 0. The van der Waals surface area contributed by atoms with Crippen molar-refractivity contribution in [3.63, 3.8) is 0 Å². The van der Waals surface area contributed by atoms with E-state index in [9.17, 15) is 5.11 Å². The van der Waals surface area contributed by atoms with Crippen LogP contribution in [-0.4, -0.2) is 22.7 Å². The van der Waals surface area contributed by atoms with E-state index in [0.29, 0.717) is 21.8 Å². The smallest absolute Gasteiger partial charge is 0.150 e. The molecule has 2 N–H and O–H groups in total. The van der Waals surface area contributed by atoms with E-state index in [2.05, 4.69) is 10.3 Å². The summed E-state index contributed by atoms with van der Waals surface area (Å²) >= 11 is 17.7. The maximum absolute atomic E-state index is 9.60. The van der Waals surface area contributed by atoms with Gasteiger partial charge in [-0.05, 0) is 31.2 Å². The number of hydrogen-bond donors (Lipinski definition) is 2. The van der Waals surface area contributed by atoms with Crippen LogP contribution in [0.25, 0.3) is 0 Å². The van der Waals surface area contributed by atoms with E-state index in [1.807, 2.05) is 0 Å². The molecule has 0 spiro atoms. The van der Waals surface area contributed by atoms with Crippen LogP contribution in [-0.2, 0) is 0 Å². The van der Waals surface area contributed by atoms with Gasteiger partial charge in [-0.2, -0.15) is 0 Å². The van der Waals surface area contributed by atoms with Crippen LogP contribution in [0.3, 0.4) is 0 Å². The Morgan fingerprint density at radius 2 is 2.06 bits per heavy atom. The van der Waals surface area contributed by atoms with Crippen LogP contribution in [0.4, 0.5) is 5.82 Å². The number of hydrogen-bond acceptors (Lipinski definition) is 3. The van der Waals surface area contributed by atoms with Crippen molar-refractivity contribution >= 4 is 40.6 Å². The van der Waals surface area contributed by atoms with E-state index in [0.717, 1.165) is 32.2 Å². The van der Waals surface area contributed by atoms with E-state index >= 15 is 0 Å². The average Bonchev–Trinajstić information content (AvgIpc) is 2.32. The first kappa shape index (κ1) is 14.2. The number of anilines is 1. The lowest BCUT2D eigenvalue weighted by Crippen LogP contribution is -2.25. The molecule has 0 amide bonds. The Morgan fingerprint density at radius 3 is 2.78 bits per heavy atom. The van der Waals surface area contributed by atoms with Crippen molar-refractivity contribution in [2.24, 2.45) is 5.92 Å². The Bertz CT molecular complexity index is 428. The summed E-state index contributed by atoms with van der Waals surface area (Å²) in [6.07, 6.45) is 3.73. The molecule has 1 fully saturated rings. The van der Waals surface area contributed by atoms with Gasteiger partial charge in [0.2, 0.25) is 0 Å². The zero-order chi connectivity index (χ0) is 13.1. The highest BCUT2D eigenvalue weighted by molar-refractivity contribution is 6.42. The maximum atomic E-state index is 9.60. The number of halogens is 3. The van der Waals surface area contributed by atoms with Crippen molar-refractivity contribution in [1.29, 1.82) is 0 Å². The molecule has 0 radical (unpaired) electrons. The summed E-state index contributed by atoms with van der Waals surface area (Å²) in [4.78, 5) is 4.10. The summed E-state index contributed by atoms with van der Waals surface area (Å²) in [5.74, 6) is 0.993. The van der Waals surface area contributed by atoms with Crippen molar-refractivity contribution < 1.29 is 5.11 Å². The van der Waals surface area contributed by atoms with Gasteiger partial charge in [-0.1, -0.05) is 41.2 Å². The highest BCUT2D eigenvalue weighted by atomic mass is 35.5. The maximum Gasteiger partial charge on any atom is 0.150 e. The Morgan fingerprint density at radius 1 is 1.28 bits per heavy atom. The van der Waals surface area contributed by atoms with E-state index in [-0.39, 0.29) is 11.3 Å². The molecular formula is C12H15Cl3N2O. The van der Waals surface area contributed by atoms with E-state index in [1.54, 1.807) is 6.07 Å². The van der Waals surface area contributed by atoms with Gasteiger partial charge in [-0.15, -0.1) is 0 Å². The molecule has 3 nitrogen and oxygen atoms in total. The number of nitrogens with zero attached hydrogens (tertiary/aromatic N) is 1. The first-order valence-electron chi connectivity index (χ1n) is 5.99. The number of rotatable bonds is 3. The second kappa shape index (κ2) is 6.29. The lowest BCUT2D eigenvalue weighted by atomic mass is 9.87. The molecule has 100 valence electrons. The van der Waals surface area contributed by atoms with Gasteiger partial charge in [0.05, 0.1) is 16.1 Å². The van der Waals surface area contributed by atoms with Crippen molar-refractivity contribution in [1.82, 2.24) is 4.98 Å². The highest BCUT2D eigenvalue weighted by Crippen LogP contribution is 2.30. The molecule has 1 aromatic heterocycles. The minimum atomic E-state index is -0.178. The predicted octanol–water partition coefficient (Wildman–Crippen LogP) is 4.00. The zero-order valence-corrected chi connectivity index (χ0v) is 12.1. The molecule has 2 unspecified atom stereocenters. The summed E-state index contributed by atoms with van der Waals surface area (Å²) in [6.45, 7) is 0.738. The first-order valence-corrected chi connectivity index (χ1v) is 7.13. The van der Waals surface area contributed by atoms with Crippen LogP contribution >= 0.6 is 34.8 Å². The number of pyridine rings is 1. The van der Waals surface area contributed by atoms with Gasteiger partial charge in [-0.3, -0.25) is 0 Å². The zero-order valence-electron chi connectivity index (χ0n) is 9.80. The number of aromatic nitrogens is 1. The molecule has 2 rings (SSSR count). The lowest BCUT2D eigenvalue weighted by Gasteiger charge is -2.26. The van der Waals surface area contributed by atoms with Crippen LogP contribution in [0.15, 0.2) is 6.07 Å². The monoisotopic (exact) mass is 308 g/mol. The van der Waals surface area contributed by atoms with Crippen molar-refractivity contribution in [3.8, 4) is 0 Å². The normalized spacial score (nSPS) is 24.0. The van der Waals surface area contributed by atoms with Crippen LogP contribution in [0, 0.1) is 5.92 Å². The van der Waals surface area contributed by atoms with Gasteiger partial charge < -0.3 is 10.4 Å². The van der Waals surface area contributed by atoms with Gasteiger partial charge in [-0.25, -0.2) is 4.98 Å².